The maximum absolute atomic E-state index is 12.5. The summed E-state index contributed by atoms with van der Waals surface area (Å²) in [5, 5.41) is 9.31. The first-order chi connectivity index (χ1) is 9.70. The van der Waals surface area contributed by atoms with Crippen LogP contribution in [-0.2, 0) is 4.79 Å². The van der Waals surface area contributed by atoms with Gasteiger partial charge in [0.15, 0.2) is 0 Å². The highest BCUT2D eigenvalue weighted by molar-refractivity contribution is 5.85. The third-order valence-electron chi connectivity index (χ3n) is 4.44. The summed E-state index contributed by atoms with van der Waals surface area (Å²) in [7, 11) is 3.88. The number of nitrogens with zero attached hydrogens (tertiary/aromatic N) is 3. The molecule has 0 radical (unpaired) electrons. The summed E-state index contributed by atoms with van der Waals surface area (Å²) in [5.74, 6) is -0.479. The number of aliphatic carboxylic acids is 1. The van der Waals surface area contributed by atoms with Crippen LogP contribution in [0.3, 0.4) is 0 Å². The minimum absolute atomic E-state index is 0.205. The zero-order chi connectivity index (χ0) is 16.2. The van der Waals surface area contributed by atoms with Crippen molar-refractivity contribution in [3.05, 3.63) is 0 Å². The molecule has 0 spiro atoms. The molecule has 6 nitrogen and oxygen atoms in total. The normalized spacial score (nSPS) is 17.6. The number of urea groups is 1. The molecule has 1 saturated heterocycles. The monoisotopic (exact) mass is 299 g/mol. The van der Waals surface area contributed by atoms with Gasteiger partial charge in [0.2, 0.25) is 0 Å². The van der Waals surface area contributed by atoms with Crippen molar-refractivity contribution in [2.75, 3.05) is 40.3 Å². The summed E-state index contributed by atoms with van der Waals surface area (Å²) in [6.45, 7) is 8.15. The number of amides is 2. The van der Waals surface area contributed by atoms with Crippen LogP contribution in [0.15, 0.2) is 0 Å². The summed E-state index contributed by atoms with van der Waals surface area (Å²) >= 11 is 0. The van der Waals surface area contributed by atoms with Crippen molar-refractivity contribution >= 4 is 12.0 Å². The molecule has 0 bridgehead atoms. The molecule has 1 fully saturated rings. The van der Waals surface area contributed by atoms with E-state index < -0.39 is 11.5 Å². The highest BCUT2D eigenvalue weighted by Crippen LogP contribution is 2.20. The lowest BCUT2D eigenvalue weighted by Gasteiger charge is -2.38. The van der Waals surface area contributed by atoms with E-state index in [0.29, 0.717) is 19.0 Å². The molecule has 1 aliphatic heterocycles. The number of rotatable bonds is 5. The number of hydrogen-bond donors (Lipinski definition) is 1. The van der Waals surface area contributed by atoms with E-state index in [1.807, 2.05) is 6.92 Å². The largest absolute Gasteiger partial charge is 0.480 e. The van der Waals surface area contributed by atoms with Crippen molar-refractivity contribution in [1.82, 2.24) is 14.7 Å². The van der Waals surface area contributed by atoms with Crippen LogP contribution >= 0.6 is 0 Å². The van der Waals surface area contributed by atoms with E-state index in [4.69, 9.17) is 0 Å². The predicted molar refractivity (Wildman–Crippen MR) is 82.3 cm³/mol. The second-order valence-corrected chi connectivity index (χ2v) is 6.52. The van der Waals surface area contributed by atoms with Crippen molar-refractivity contribution in [3.8, 4) is 0 Å². The molecule has 1 rings (SSSR count). The minimum Gasteiger partial charge on any atom is -0.480 e. The molecule has 21 heavy (non-hydrogen) atoms. The third-order valence-corrected chi connectivity index (χ3v) is 4.44. The molecule has 0 aromatic rings. The topological polar surface area (TPSA) is 64.1 Å². The fraction of sp³-hybridized carbons (Fsp3) is 0.867. The smallest absolute Gasteiger partial charge is 0.329 e. The molecular formula is C15H29N3O3. The van der Waals surface area contributed by atoms with Crippen LogP contribution in [0.4, 0.5) is 4.79 Å². The number of carboxylic acid groups (broad SMARTS) is 1. The Morgan fingerprint density at radius 3 is 2.24 bits per heavy atom. The second kappa shape index (κ2) is 7.11. The zero-order valence-electron chi connectivity index (χ0n) is 13.9. The van der Waals surface area contributed by atoms with Gasteiger partial charge >= 0.3 is 12.0 Å². The Kier molecular flexibility index (Phi) is 6.01. The Bertz CT molecular complexity index is 376. The first-order valence-electron chi connectivity index (χ1n) is 7.64. The van der Waals surface area contributed by atoms with Gasteiger partial charge in [-0.15, -0.1) is 0 Å². The first kappa shape index (κ1) is 17.8. The Morgan fingerprint density at radius 2 is 1.81 bits per heavy atom. The molecule has 0 saturated carbocycles. The molecule has 0 aliphatic carbocycles. The second-order valence-electron chi connectivity index (χ2n) is 6.52. The fourth-order valence-corrected chi connectivity index (χ4v) is 2.80. The zero-order valence-corrected chi connectivity index (χ0v) is 13.9. The van der Waals surface area contributed by atoms with E-state index in [1.165, 1.54) is 4.90 Å². The van der Waals surface area contributed by atoms with Crippen molar-refractivity contribution in [2.24, 2.45) is 5.92 Å². The van der Waals surface area contributed by atoms with Gasteiger partial charge in [0.1, 0.15) is 5.54 Å². The molecule has 2 amide bonds. The van der Waals surface area contributed by atoms with Crippen LogP contribution in [0.2, 0.25) is 0 Å². The minimum atomic E-state index is -1.19. The number of piperidine rings is 1. The SMILES string of the molecule is CCN(C(=O)N(C)CC1CCN(C)CC1)C(C)(C)C(=O)O. The third kappa shape index (κ3) is 4.33. The fourth-order valence-electron chi connectivity index (χ4n) is 2.80. The Labute approximate surface area is 127 Å². The van der Waals surface area contributed by atoms with Gasteiger partial charge in [0.25, 0.3) is 0 Å². The summed E-state index contributed by atoms with van der Waals surface area (Å²) < 4.78 is 0. The van der Waals surface area contributed by atoms with Gasteiger partial charge in [0, 0.05) is 20.1 Å². The van der Waals surface area contributed by atoms with Crippen LogP contribution in [0, 0.1) is 5.92 Å². The number of hydrogen-bond acceptors (Lipinski definition) is 3. The number of carbonyl (C=O) groups is 2. The predicted octanol–water partition coefficient (Wildman–Crippen LogP) is 1.57. The highest BCUT2D eigenvalue weighted by atomic mass is 16.4. The average molecular weight is 299 g/mol. The Balaban J connectivity index is 2.65. The van der Waals surface area contributed by atoms with Gasteiger partial charge in [-0.25, -0.2) is 9.59 Å². The standard InChI is InChI=1S/C15H29N3O3/c1-6-18(15(2,3)13(19)20)14(21)17(5)11-12-7-9-16(4)10-8-12/h12H,6-11H2,1-5H3,(H,19,20). The molecule has 1 N–H and O–H groups in total. The van der Waals surface area contributed by atoms with Crippen molar-refractivity contribution in [3.63, 3.8) is 0 Å². The van der Waals surface area contributed by atoms with Crippen LogP contribution in [-0.4, -0.2) is 77.6 Å². The quantitative estimate of drug-likeness (QED) is 0.837. The highest BCUT2D eigenvalue weighted by Gasteiger charge is 2.38. The maximum Gasteiger partial charge on any atom is 0.329 e. The van der Waals surface area contributed by atoms with Gasteiger partial charge in [-0.05, 0) is 59.7 Å². The van der Waals surface area contributed by atoms with Crippen LogP contribution in [0.25, 0.3) is 0 Å². The Morgan fingerprint density at radius 1 is 1.29 bits per heavy atom. The summed E-state index contributed by atoms with van der Waals surface area (Å²) in [4.78, 5) is 29.3. The van der Waals surface area contributed by atoms with Crippen LogP contribution < -0.4 is 0 Å². The van der Waals surface area contributed by atoms with E-state index >= 15 is 0 Å². The van der Waals surface area contributed by atoms with Crippen molar-refractivity contribution < 1.29 is 14.7 Å². The molecular weight excluding hydrogens is 270 g/mol. The van der Waals surface area contributed by atoms with Crippen LogP contribution in [0.5, 0.6) is 0 Å². The average Bonchev–Trinajstić information content (AvgIpc) is 2.41. The van der Waals surface area contributed by atoms with Gasteiger partial charge in [-0.3, -0.25) is 0 Å². The number of carbonyl (C=O) groups excluding carboxylic acids is 1. The molecule has 0 aromatic heterocycles. The van der Waals surface area contributed by atoms with Gasteiger partial charge in [0.05, 0.1) is 0 Å². The molecule has 0 unspecified atom stereocenters. The van der Waals surface area contributed by atoms with Gasteiger partial charge < -0.3 is 19.8 Å². The summed E-state index contributed by atoms with van der Waals surface area (Å²) in [6, 6.07) is -0.205. The van der Waals surface area contributed by atoms with E-state index in [-0.39, 0.29) is 6.03 Å². The number of likely N-dealkylation sites (N-methyl/N-ethyl adjacent to an activating group) is 1. The first-order valence-corrected chi connectivity index (χ1v) is 7.64. The Hall–Kier alpha value is -1.30. The molecule has 0 aromatic carbocycles. The van der Waals surface area contributed by atoms with Crippen LogP contribution in [0.1, 0.15) is 33.6 Å². The lowest BCUT2D eigenvalue weighted by atomic mass is 9.96. The molecule has 122 valence electrons. The van der Waals surface area contributed by atoms with E-state index in [2.05, 4.69) is 11.9 Å². The maximum atomic E-state index is 12.5. The van der Waals surface area contributed by atoms with Gasteiger partial charge in [-0.2, -0.15) is 0 Å². The number of likely N-dealkylation sites (tertiary alicyclic amines) is 1. The van der Waals surface area contributed by atoms with Crippen molar-refractivity contribution in [1.29, 1.82) is 0 Å². The molecule has 1 heterocycles. The van der Waals surface area contributed by atoms with E-state index in [0.717, 1.165) is 25.9 Å². The molecule has 0 atom stereocenters. The number of carboxylic acids is 1. The lowest BCUT2D eigenvalue weighted by molar-refractivity contribution is -0.147. The van der Waals surface area contributed by atoms with Gasteiger partial charge in [-0.1, -0.05) is 0 Å². The van der Waals surface area contributed by atoms with Crippen molar-refractivity contribution in [2.45, 2.75) is 39.2 Å². The summed E-state index contributed by atoms with van der Waals surface area (Å²) in [5.41, 5.74) is -1.19. The lowest BCUT2D eigenvalue weighted by Crippen LogP contribution is -2.56. The summed E-state index contributed by atoms with van der Waals surface area (Å²) in [6.07, 6.45) is 2.17. The molecule has 6 heteroatoms. The molecule has 1 aliphatic rings. The van der Waals surface area contributed by atoms with E-state index in [1.54, 1.807) is 25.8 Å². The van der Waals surface area contributed by atoms with E-state index in [9.17, 15) is 14.7 Å².